The second kappa shape index (κ2) is 6.38. The normalized spacial score (nSPS) is 17.0. The lowest BCUT2D eigenvalue weighted by Crippen LogP contribution is -2.48. The number of benzene rings is 1. The molecule has 25 heavy (non-hydrogen) atoms. The summed E-state index contributed by atoms with van der Waals surface area (Å²) in [6.45, 7) is 6.98. The van der Waals surface area contributed by atoms with Crippen LogP contribution in [0.3, 0.4) is 0 Å². The lowest BCUT2D eigenvalue weighted by molar-refractivity contribution is -0.136. The highest BCUT2D eigenvalue weighted by atomic mass is 16.5. The number of ether oxygens (including phenoxy) is 1. The fraction of sp³-hybridized carbons (Fsp3) is 0.500. The van der Waals surface area contributed by atoms with E-state index in [1.165, 1.54) is 0 Å². The monoisotopic (exact) mass is 344 g/mol. The minimum atomic E-state index is -0.557. The molecule has 0 saturated heterocycles. The Labute approximate surface area is 147 Å². The van der Waals surface area contributed by atoms with Gasteiger partial charge in [-0.25, -0.2) is 0 Å². The van der Waals surface area contributed by atoms with Crippen LogP contribution in [0.5, 0.6) is 5.75 Å². The minimum Gasteiger partial charge on any atom is -0.477 e. The van der Waals surface area contributed by atoms with Crippen LogP contribution in [0.2, 0.25) is 0 Å². The topological polar surface area (TPSA) is 71.7 Å². The molecule has 0 aliphatic carbocycles. The molecule has 0 bridgehead atoms. The smallest absolute Gasteiger partial charge is 0.265 e. The highest BCUT2D eigenvalue weighted by Gasteiger charge is 2.32. The molecule has 0 radical (unpaired) electrons. The van der Waals surface area contributed by atoms with E-state index in [0.717, 1.165) is 5.69 Å². The van der Waals surface area contributed by atoms with Crippen LogP contribution in [0.1, 0.15) is 32.5 Å². The van der Waals surface area contributed by atoms with Gasteiger partial charge in [-0.3, -0.25) is 4.79 Å². The van der Waals surface area contributed by atoms with Crippen LogP contribution in [-0.4, -0.2) is 47.7 Å². The summed E-state index contributed by atoms with van der Waals surface area (Å²) in [5, 5.41) is 4.09. The van der Waals surface area contributed by atoms with Crippen LogP contribution in [0.4, 0.5) is 5.69 Å². The van der Waals surface area contributed by atoms with Crippen molar-refractivity contribution in [2.45, 2.75) is 38.8 Å². The first-order valence-corrected chi connectivity index (χ1v) is 8.30. The van der Waals surface area contributed by atoms with Crippen molar-refractivity contribution in [1.82, 2.24) is 15.0 Å². The molecular weight excluding hydrogens is 320 g/mol. The molecule has 0 N–H and O–H groups in total. The second-order valence-corrected chi connectivity index (χ2v) is 7.45. The van der Waals surface area contributed by atoms with E-state index < -0.39 is 6.10 Å². The fourth-order valence-electron chi connectivity index (χ4n) is 2.67. The Morgan fingerprint density at radius 2 is 2.04 bits per heavy atom. The summed E-state index contributed by atoms with van der Waals surface area (Å²) >= 11 is 0. The number of amides is 1. The van der Waals surface area contributed by atoms with Crippen molar-refractivity contribution in [3.8, 4) is 5.75 Å². The van der Waals surface area contributed by atoms with Crippen LogP contribution in [0.15, 0.2) is 28.8 Å². The molecule has 0 spiro atoms. The number of anilines is 1. The molecule has 1 aliphatic rings. The molecule has 7 heteroatoms. The summed E-state index contributed by atoms with van der Waals surface area (Å²) < 4.78 is 11.3. The molecule has 2 aromatic rings. The number of fused-ring (bicyclic) bond motifs is 1. The van der Waals surface area contributed by atoms with Gasteiger partial charge in [-0.15, -0.1) is 0 Å². The number of hydrogen-bond acceptors (Lipinski definition) is 6. The van der Waals surface area contributed by atoms with E-state index in [9.17, 15) is 4.79 Å². The molecule has 0 saturated carbocycles. The summed E-state index contributed by atoms with van der Waals surface area (Å²) in [6.07, 6.45) is -0.557. The number of carbonyl (C=O) groups excluding carboxylic acids is 1. The third-order valence-corrected chi connectivity index (χ3v) is 4.02. The quantitative estimate of drug-likeness (QED) is 0.850. The second-order valence-electron chi connectivity index (χ2n) is 7.45. The molecule has 1 atom stereocenters. The third-order valence-electron chi connectivity index (χ3n) is 4.02. The highest BCUT2D eigenvalue weighted by molar-refractivity contribution is 5.83. The molecule has 1 aromatic heterocycles. The molecule has 1 aromatic carbocycles. The maximum atomic E-state index is 12.4. The SMILES string of the molecule is CN(C)C(=O)[C@@H]1CN(Cc2noc(C(C)(C)C)n2)c2ccccc2O1. The van der Waals surface area contributed by atoms with Crippen molar-refractivity contribution < 1.29 is 14.1 Å². The first kappa shape index (κ1) is 17.3. The molecule has 2 heterocycles. The van der Waals surface area contributed by atoms with Crippen molar-refractivity contribution in [2.24, 2.45) is 0 Å². The summed E-state index contributed by atoms with van der Waals surface area (Å²) in [5.41, 5.74) is 0.727. The summed E-state index contributed by atoms with van der Waals surface area (Å²) in [5.74, 6) is 1.82. The Hall–Kier alpha value is -2.57. The number of rotatable bonds is 3. The standard InChI is InChI=1S/C18H24N4O3/c1-18(2,3)17-19-15(20-25-17)11-22-10-14(16(23)21(4)5)24-13-9-7-6-8-12(13)22/h6-9,14H,10-11H2,1-5H3/t14-/m0/s1. The number of para-hydroxylation sites is 2. The number of likely N-dealkylation sites (N-methyl/N-ethyl adjacent to an activating group) is 1. The molecule has 134 valence electrons. The van der Waals surface area contributed by atoms with E-state index in [0.29, 0.717) is 30.6 Å². The Morgan fingerprint density at radius 1 is 1.32 bits per heavy atom. The van der Waals surface area contributed by atoms with Crippen molar-refractivity contribution in [1.29, 1.82) is 0 Å². The Kier molecular flexibility index (Phi) is 4.41. The maximum absolute atomic E-state index is 12.4. The predicted octanol–water partition coefficient (Wildman–Crippen LogP) is 2.22. The van der Waals surface area contributed by atoms with Crippen molar-refractivity contribution in [2.75, 3.05) is 25.5 Å². The van der Waals surface area contributed by atoms with Crippen LogP contribution in [-0.2, 0) is 16.8 Å². The molecular formula is C18H24N4O3. The predicted molar refractivity (Wildman–Crippen MR) is 93.6 cm³/mol. The van der Waals surface area contributed by atoms with E-state index in [1.54, 1.807) is 19.0 Å². The van der Waals surface area contributed by atoms with Crippen LogP contribution >= 0.6 is 0 Å². The number of aromatic nitrogens is 2. The summed E-state index contributed by atoms with van der Waals surface area (Å²) in [4.78, 5) is 20.5. The lowest BCUT2D eigenvalue weighted by atomic mass is 9.97. The van der Waals surface area contributed by atoms with Crippen molar-refractivity contribution >= 4 is 11.6 Å². The molecule has 0 fully saturated rings. The van der Waals surface area contributed by atoms with Crippen LogP contribution < -0.4 is 9.64 Å². The average molecular weight is 344 g/mol. The molecule has 1 amide bonds. The Balaban J connectivity index is 1.86. The zero-order valence-electron chi connectivity index (χ0n) is 15.3. The molecule has 3 rings (SSSR count). The number of carbonyl (C=O) groups is 1. The molecule has 7 nitrogen and oxygen atoms in total. The zero-order chi connectivity index (χ0) is 18.2. The van der Waals surface area contributed by atoms with Gasteiger partial charge in [0.15, 0.2) is 11.9 Å². The van der Waals surface area contributed by atoms with Gasteiger partial charge in [-0.2, -0.15) is 4.98 Å². The van der Waals surface area contributed by atoms with Crippen molar-refractivity contribution in [3.63, 3.8) is 0 Å². The van der Waals surface area contributed by atoms with Gasteiger partial charge in [0.1, 0.15) is 5.75 Å². The van der Waals surface area contributed by atoms with Gasteiger partial charge in [-0.05, 0) is 12.1 Å². The third kappa shape index (κ3) is 3.60. The van der Waals surface area contributed by atoms with Gasteiger partial charge in [-0.1, -0.05) is 38.1 Å². The van der Waals surface area contributed by atoms with Crippen molar-refractivity contribution in [3.05, 3.63) is 36.0 Å². The first-order valence-electron chi connectivity index (χ1n) is 8.30. The number of hydrogen-bond donors (Lipinski definition) is 0. The maximum Gasteiger partial charge on any atom is 0.265 e. The van der Waals surface area contributed by atoms with Crippen LogP contribution in [0, 0.1) is 0 Å². The van der Waals surface area contributed by atoms with E-state index in [1.807, 2.05) is 45.0 Å². The lowest BCUT2D eigenvalue weighted by Gasteiger charge is -2.35. The average Bonchev–Trinajstić information content (AvgIpc) is 3.02. The van der Waals surface area contributed by atoms with E-state index in [2.05, 4.69) is 15.0 Å². The van der Waals surface area contributed by atoms with E-state index >= 15 is 0 Å². The number of nitrogens with zero attached hydrogens (tertiary/aromatic N) is 4. The van der Waals surface area contributed by atoms with Gasteiger partial charge in [0, 0.05) is 19.5 Å². The van der Waals surface area contributed by atoms with Gasteiger partial charge >= 0.3 is 0 Å². The Bertz CT molecular complexity index is 764. The summed E-state index contributed by atoms with van der Waals surface area (Å²) in [7, 11) is 3.46. The van der Waals surface area contributed by atoms with Gasteiger partial charge in [0.2, 0.25) is 5.89 Å². The molecule has 0 unspecified atom stereocenters. The van der Waals surface area contributed by atoms with Gasteiger partial charge < -0.3 is 19.1 Å². The fourth-order valence-corrected chi connectivity index (χ4v) is 2.67. The minimum absolute atomic E-state index is 0.0667. The molecule has 1 aliphatic heterocycles. The largest absolute Gasteiger partial charge is 0.477 e. The zero-order valence-corrected chi connectivity index (χ0v) is 15.3. The summed E-state index contributed by atoms with van der Waals surface area (Å²) in [6, 6.07) is 7.68. The highest BCUT2D eigenvalue weighted by Crippen LogP contribution is 2.34. The Morgan fingerprint density at radius 3 is 2.68 bits per heavy atom. The first-order chi connectivity index (χ1) is 11.8. The van der Waals surface area contributed by atoms with E-state index in [-0.39, 0.29) is 11.3 Å². The van der Waals surface area contributed by atoms with Gasteiger partial charge in [0.25, 0.3) is 5.91 Å². The van der Waals surface area contributed by atoms with Crippen LogP contribution in [0.25, 0.3) is 0 Å². The van der Waals surface area contributed by atoms with Gasteiger partial charge in [0.05, 0.1) is 18.8 Å². The van der Waals surface area contributed by atoms with E-state index in [4.69, 9.17) is 9.26 Å².